The average Bonchev–Trinajstić information content (AvgIpc) is 2.89. The lowest BCUT2D eigenvalue weighted by Gasteiger charge is -2.14. The molecule has 1 aromatic carbocycles. The summed E-state index contributed by atoms with van der Waals surface area (Å²) >= 11 is 1.48. The Labute approximate surface area is 145 Å². The van der Waals surface area contributed by atoms with E-state index < -0.39 is 0 Å². The van der Waals surface area contributed by atoms with Crippen molar-refractivity contribution in [3.63, 3.8) is 0 Å². The number of nitrogens with zero attached hydrogens (tertiary/aromatic N) is 1. The molecule has 0 radical (unpaired) electrons. The molecule has 24 heavy (non-hydrogen) atoms. The largest absolute Gasteiger partial charge is 0.493 e. The van der Waals surface area contributed by atoms with Gasteiger partial charge in [-0.15, -0.1) is 11.3 Å². The van der Waals surface area contributed by atoms with Gasteiger partial charge in [-0.3, -0.25) is 4.79 Å². The number of carbonyl (C=O) groups excluding carboxylic acids is 1. The number of aromatic nitrogens is 1. The molecule has 0 unspecified atom stereocenters. The van der Waals surface area contributed by atoms with Crippen LogP contribution in [0.3, 0.4) is 0 Å². The first-order valence-electron chi connectivity index (χ1n) is 7.51. The van der Waals surface area contributed by atoms with Gasteiger partial charge < -0.3 is 19.5 Å². The van der Waals surface area contributed by atoms with Crippen LogP contribution in [0.25, 0.3) is 0 Å². The number of methoxy groups -OCH3 is 3. The minimum absolute atomic E-state index is 0.0718. The van der Waals surface area contributed by atoms with Gasteiger partial charge in [0.1, 0.15) is 0 Å². The van der Waals surface area contributed by atoms with E-state index in [1.165, 1.54) is 11.3 Å². The summed E-state index contributed by atoms with van der Waals surface area (Å²) in [5.74, 6) is 1.64. The van der Waals surface area contributed by atoms with E-state index in [9.17, 15) is 4.79 Å². The summed E-state index contributed by atoms with van der Waals surface area (Å²) < 4.78 is 15.9. The summed E-state index contributed by atoms with van der Waals surface area (Å²) in [6.07, 6.45) is 0.905. The van der Waals surface area contributed by atoms with Crippen LogP contribution in [0.5, 0.6) is 17.2 Å². The topological polar surface area (TPSA) is 69.7 Å². The molecule has 0 bridgehead atoms. The second-order valence-corrected chi connectivity index (χ2v) is 6.45. The Morgan fingerprint density at radius 1 is 1.12 bits per heavy atom. The third kappa shape index (κ3) is 4.17. The number of hydrogen-bond acceptors (Lipinski definition) is 6. The number of thiazole rings is 1. The number of hydrogen-bond donors (Lipinski definition) is 1. The van der Waals surface area contributed by atoms with Crippen molar-refractivity contribution < 1.29 is 19.0 Å². The molecule has 0 saturated carbocycles. The molecule has 1 heterocycles. The predicted octanol–water partition coefficient (Wildman–Crippen LogP) is 3.36. The first-order valence-corrected chi connectivity index (χ1v) is 8.33. The van der Waals surface area contributed by atoms with Crippen LogP contribution in [-0.2, 0) is 11.2 Å². The lowest BCUT2D eigenvalue weighted by atomic mass is 10.1. The van der Waals surface area contributed by atoms with Crippen molar-refractivity contribution >= 4 is 22.4 Å². The fraction of sp³-hybridized carbons (Fsp3) is 0.412. The van der Waals surface area contributed by atoms with Gasteiger partial charge >= 0.3 is 0 Å². The highest BCUT2D eigenvalue weighted by Crippen LogP contribution is 2.38. The van der Waals surface area contributed by atoms with Crippen LogP contribution in [0.15, 0.2) is 12.1 Å². The van der Waals surface area contributed by atoms with E-state index in [2.05, 4.69) is 10.3 Å². The first-order chi connectivity index (χ1) is 11.5. The fourth-order valence-electron chi connectivity index (χ4n) is 2.25. The molecular formula is C17H22N2O4S. The van der Waals surface area contributed by atoms with E-state index in [0.717, 1.165) is 16.1 Å². The highest BCUT2D eigenvalue weighted by Gasteiger charge is 2.14. The summed E-state index contributed by atoms with van der Waals surface area (Å²) in [6, 6.07) is 3.71. The summed E-state index contributed by atoms with van der Waals surface area (Å²) in [5.41, 5.74) is 1.88. The molecule has 1 aromatic heterocycles. The van der Waals surface area contributed by atoms with Crippen LogP contribution >= 0.6 is 11.3 Å². The van der Waals surface area contributed by atoms with E-state index in [4.69, 9.17) is 14.2 Å². The molecule has 1 amide bonds. The number of amides is 1. The smallest absolute Gasteiger partial charge is 0.226 e. The maximum atomic E-state index is 12.1. The van der Waals surface area contributed by atoms with Gasteiger partial charge in [-0.25, -0.2) is 4.98 Å². The van der Waals surface area contributed by atoms with Gasteiger partial charge in [-0.2, -0.15) is 0 Å². The van der Waals surface area contributed by atoms with Crippen molar-refractivity contribution in [3.05, 3.63) is 28.3 Å². The monoisotopic (exact) mass is 350 g/mol. The fourth-order valence-corrected chi connectivity index (χ4v) is 3.08. The van der Waals surface area contributed by atoms with E-state index in [1.807, 2.05) is 26.0 Å². The molecule has 0 saturated heterocycles. The van der Waals surface area contributed by atoms with E-state index >= 15 is 0 Å². The third-order valence-corrected chi connectivity index (χ3v) is 4.63. The molecule has 1 N–H and O–H groups in total. The Morgan fingerprint density at radius 2 is 1.75 bits per heavy atom. The molecule has 2 aromatic rings. The highest BCUT2D eigenvalue weighted by molar-refractivity contribution is 7.15. The van der Waals surface area contributed by atoms with Crippen molar-refractivity contribution in [2.45, 2.75) is 26.7 Å². The van der Waals surface area contributed by atoms with Crippen LogP contribution < -0.4 is 19.5 Å². The number of anilines is 1. The maximum absolute atomic E-state index is 12.1. The van der Waals surface area contributed by atoms with Crippen molar-refractivity contribution in [3.8, 4) is 17.2 Å². The molecule has 0 aliphatic carbocycles. The molecule has 0 aliphatic heterocycles. The van der Waals surface area contributed by atoms with E-state index in [-0.39, 0.29) is 5.91 Å². The highest BCUT2D eigenvalue weighted by atomic mass is 32.1. The standard InChI is InChI=1S/C17H22N2O4S/c1-10-11(2)24-17(18-10)19-15(20)7-6-12-8-13(21-3)16(23-5)14(9-12)22-4/h8-9H,6-7H2,1-5H3,(H,18,19,20). The number of rotatable bonds is 7. The van der Waals surface area contributed by atoms with Crippen molar-refractivity contribution in [2.24, 2.45) is 0 Å². The van der Waals surface area contributed by atoms with Gasteiger partial charge in [0, 0.05) is 11.3 Å². The Morgan fingerprint density at radius 3 is 2.21 bits per heavy atom. The molecule has 6 nitrogen and oxygen atoms in total. The summed E-state index contributed by atoms with van der Waals surface area (Å²) in [5, 5.41) is 3.47. The zero-order valence-corrected chi connectivity index (χ0v) is 15.4. The summed E-state index contributed by atoms with van der Waals surface area (Å²) in [7, 11) is 4.70. The van der Waals surface area contributed by atoms with Gasteiger partial charge in [0.15, 0.2) is 16.6 Å². The van der Waals surface area contributed by atoms with Crippen LogP contribution in [0.1, 0.15) is 22.6 Å². The molecule has 7 heteroatoms. The van der Waals surface area contributed by atoms with Crippen molar-refractivity contribution in [1.29, 1.82) is 0 Å². The molecule has 0 aliphatic rings. The number of nitrogens with one attached hydrogen (secondary N) is 1. The SMILES string of the molecule is COc1cc(CCC(=O)Nc2nc(C)c(C)s2)cc(OC)c1OC. The maximum Gasteiger partial charge on any atom is 0.226 e. The molecule has 2 rings (SSSR count). The number of ether oxygens (including phenoxy) is 3. The van der Waals surface area contributed by atoms with Gasteiger partial charge in [-0.05, 0) is 38.0 Å². The minimum Gasteiger partial charge on any atom is -0.493 e. The van der Waals surface area contributed by atoms with Crippen LogP contribution in [-0.4, -0.2) is 32.2 Å². The van der Waals surface area contributed by atoms with Crippen molar-refractivity contribution in [2.75, 3.05) is 26.6 Å². The first kappa shape index (κ1) is 18.1. The Bertz CT molecular complexity index is 683. The lowest BCUT2D eigenvalue weighted by Crippen LogP contribution is -2.12. The molecule has 0 fully saturated rings. The predicted molar refractivity (Wildman–Crippen MR) is 94.6 cm³/mol. The van der Waals surface area contributed by atoms with E-state index in [0.29, 0.717) is 35.2 Å². The van der Waals surface area contributed by atoms with Crippen LogP contribution in [0.4, 0.5) is 5.13 Å². The molecular weight excluding hydrogens is 328 g/mol. The molecule has 0 spiro atoms. The zero-order valence-electron chi connectivity index (χ0n) is 14.6. The van der Waals surface area contributed by atoms with Gasteiger partial charge in [0.25, 0.3) is 0 Å². The van der Waals surface area contributed by atoms with Crippen LogP contribution in [0, 0.1) is 13.8 Å². The Balaban J connectivity index is 2.04. The minimum atomic E-state index is -0.0718. The van der Waals surface area contributed by atoms with Gasteiger partial charge in [0.2, 0.25) is 11.7 Å². The summed E-state index contributed by atoms with van der Waals surface area (Å²) in [6.45, 7) is 3.91. The number of carbonyl (C=O) groups is 1. The second kappa shape index (κ2) is 8.01. The molecule has 0 atom stereocenters. The average molecular weight is 350 g/mol. The van der Waals surface area contributed by atoms with Gasteiger partial charge in [0.05, 0.1) is 27.0 Å². The quantitative estimate of drug-likeness (QED) is 0.829. The Hall–Kier alpha value is -2.28. The number of benzene rings is 1. The molecule has 130 valence electrons. The van der Waals surface area contributed by atoms with E-state index in [1.54, 1.807) is 21.3 Å². The third-order valence-electron chi connectivity index (χ3n) is 3.64. The van der Waals surface area contributed by atoms with Gasteiger partial charge in [-0.1, -0.05) is 0 Å². The Kier molecular flexibility index (Phi) is 6.03. The summed E-state index contributed by atoms with van der Waals surface area (Å²) in [4.78, 5) is 17.5. The lowest BCUT2D eigenvalue weighted by molar-refractivity contribution is -0.116. The number of aryl methyl sites for hydroxylation is 3. The van der Waals surface area contributed by atoms with Crippen LogP contribution in [0.2, 0.25) is 0 Å². The van der Waals surface area contributed by atoms with Crippen molar-refractivity contribution in [1.82, 2.24) is 4.98 Å². The zero-order chi connectivity index (χ0) is 17.7. The second-order valence-electron chi connectivity index (χ2n) is 5.24. The normalized spacial score (nSPS) is 10.4.